The lowest BCUT2D eigenvalue weighted by Crippen LogP contribution is -2.11. The highest BCUT2D eigenvalue weighted by molar-refractivity contribution is 5.92. The Labute approximate surface area is 148 Å². The van der Waals surface area contributed by atoms with Crippen LogP contribution in [0.5, 0.6) is 0 Å². The molecule has 0 radical (unpaired) electrons. The zero-order valence-corrected chi connectivity index (χ0v) is 15.3. The molecule has 0 saturated heterocycles. The van der Waals surface area contributed by atoms with Crippen LogP contribution >= 0.6 is 0 Å². The molecule has 1 heterocycles. The molecule has 3 rings (SSSR count). The summed E-state index contributed by atoms with van der Waals surface area (Å²) in [5, 5.41) is 3.00. The molecular formula is C21H24N2O2. The molecule has 0 fully saturated rings. The van der Waals surface area contributed by atoms with Crippen LogP contribution < -0.4 is 5.32 Å². The topological polar surface area (TPSA) is 55.1 Å². The van der Waals surface area contributed by atoms with Gasteiger partial charge in [0.2, 0.25) is 11.8 Å². The molecule has 2 aromatic carbocycles. The fourth-order valence-electron chi connectivity index (χ4n) is 2.74. The van der Waals surface area contributed by atoms with Crippen molar-refractivity contribution >= 4 is 22.7 Å². The van der Waals surface area contributed by atoms with Crippen molar-refractivity contribution < 1.29 is 9.21 Å². The van der Waals surface area contributed by atoms with Crippen molar-refractivity contribution in [3.05, 3.63) is 47.0 Å². The Kier molecular flexibility index (Phi) is 4.88. The summed E-state index contributed by atoms with van der Waals surface area (Å²) in [7, 11) is 0. The van der Waals surface area contributed by atoms with E-state index in [4.69, 9.17) is 4.42 Å². The second-order valence-corrected chi connectivity index (χ2v) is 6.60. The van der Waals surface area contributed by atoms with Gasteiger partial charge in [-0.1, -0.05) is 19.4 Å². The monoisotopic (exact) mass is 336 g/mol. The number of carbonyl (C=O) groups is 1. The van der Waals surface area contributed by atoms with Crippen molar-refractivity contribution in [3.8, 4) is 11.5 Å². The number of benzene rings is 2. The molecule has 1 amide bonds. The van der Waals surface area contributed by atoms with E-state index in [-0.39, 0.29) is 5.91 Å². The predicted octanol–water partition coefficient (Wildman–Crippen LogP) is 5.55. The fraction of sp³-hybridized carbons (Fsp3) is 0.333. The molecule has 0 saturated carbocycles. The molecule has 1 aromatic heterocycles. The van der Waals surface area contributed by atoms with Crippen LogP contribution in [0.4, 0.5) is 5.69 Å². The maximum Gasteiger partial charge on any atom is 0.227 e. The van der Waals surface area contributed by atoms with Gasteiger partial charge in [0.15, 0.2) is 5.58 Å². The van der Waals surface area contributed by atoms with E-state index in [1.807, 2.05) is 37.3 Å². The third kappa shape index (κ3) is 3.73. The molecule has 4 nitrogen and oxygen atoms in total. The zero-order valence-electron chi connectivity index (χ0n) is 15.3. The lowest BCUT2D eigenvalue weighted by molar-refractivity contribution is -0.116. The highest BCUT2D eigenvalue weighted by atomic mass is 16.3. The minimum atomic E-state index is 0.0471. The van der Waals surface area contributed by atoms with Crippen molar-refractivity contribution in [2.75, 3.05) is 5.32 Å². The van der Waals surface area contributed by atoms with Gasteiger partial charge in [-0.15, -0.1) is 0 Å². The van der Waals surface area contributed by atoms with Crippen LogP contribution in [0.2, 0.25) is 0 Å². The number of fused-ring (bicyclic) bond motifs is 1. The first-order valence-corrected chi connectivity index (χ1v) is 8.76. The minimum Gasteiger partial charge on any atom is -0.436 e. The van der Waals surface area contributed by atoms with Gasteiger partial charge in [0.25, 0.3) is 0 Å². The van der Waals surface area contributed by atoms with Gasteiger partial charge in [0.05, 0.1) is 0 Å². The van der Waals surface area contributed by atoms with E-state index < -0.39 is 0 Å². The summed E-state index contributed by atoms with van der Waals surface area (Å²) in [6.45, 7) is 8.19. The van der Waals surface area contributed by atoms with Crippen LogP contribution in [0.3, 0.4) is 0 Å². The number of hydrogen-bond acceptors (Lipinski definition) is 3. The van der Waals surface area contributed by atoms with Crippen molar-refractivity contribution in [2.24, 2.45) is 0 Å². The number of hydrogen-bond donors (Lipinski definition) is 1. The Morgan fingerprint density at radius 2 is 1.84 bits per heavy atom. The van der Waals surface area contributed by atoms with E-state index in [2.05, 4.69) is 31.1 Å². The van der Waals surface area contributed by atoms with Gasteiger partial charge in [-0.25, -0.2) is 4.98 Å². The van der Waals surface area contributed by atoms with Crippen LogP contribution in [-0.4, -0.2) is 10.9 Å². The van der Waals surface area contributed by atoms with E-state index in [0.29, 0.717) is 12.3 Å². The molecule has 0 aliphatic rings. The first-order valence-electron chi connectivity index (χ1n) is 8.76. The summed E-state index contributed by atoms with van der Waals surface area (Å²) in [5.74, 6) is 0.620. The molecule has 1 N–H and O–H groups in total. The van der Waals surface area contributed by atoms with Gasteiger partial charge >= 0.3 is 0 Å². The van der Waals surface area contributed by atoms with Crippen LogP contribution in [0.25, 0.3) is 22.6 Å². The maximum absolute atomic E-state index is 12.0. The van der Waals surface area contributed by atoms with Crippen LogP contribution in [0, 0.1) is 20.8 Å². The lowest BCUT2D eigenvalue weighted by Gasteiger charge is -2.09. The molecule has 0 aliphatic carbocycles. The molecule has 0 unspecified atom stereocenters. The van der Waals surface area contributed by atoms with Crippen molar-refractivity contribution in [1.29, 1.82) is 0 Å². The maximum atomic E-state index is 12.0. The number of anilines is 1. The number of aromatic nitrogens is 1. The fourth-order valence-corrected chi connectivity index (χ4v) is 2.74. The van der Waals surface area contributed by atoms with Crippen LogP contribution in [0.1, 0.15) is 42.9 Å². The molecule has 0 aliphatic heterocycles. The Morgan fingerprint density at radius 3 is 2.60 bits per heavy atom. The van der Waals surface area contributed by atoms with E-state index >= 15 is 0 Å². The Balaban J connectivity index is 1.92. The molecule has 3 aromatic rings. The Bertz CT molecular complexity index is 886. The van der Waals surface area contributed by atoms with Crippen molar-refractivity contribution in [1.82, 2.24) is 4.98 Å². The molecular weight excluding hydrogens is 312 g/mol. The second-order valence-electron chi connectivity index (χ2n) is 6.60. The summed E-state index contributed by atoms with van der Waals surface area (Å²) < 4.78 is 5.93. The summed E-state index contributed by atoms with van der Waals surface area (Å²) in [4.78, 5) is 16.6. The Morgan fingerprint density at radius 1 is 1.08 bits per heavy atom. The second kappa shape index (κ2) is 7.09. The summed E-state index contributed by atoms with van der Waals surface area (Å²) in [6.07, 6.45) is 2.45. The van der Waals surface area contributed by atoms with Gasteiger partial charge < -0.3 is 9.73 Å². The van der Waals surface area contributed by atoms with E-state index in [0.717, 1.165) is 40.8 Å². The average molecular weight is 336 g/mol. The molecule has 130 valence electrons. The average Bonchev–Trinajstić information content (AvgIpc) is 2.98. The quantitative estimate of drug-likeness (QED) is 0.664. The summed E-state index contributed by atoms with van der Waals surface area (Å²) in [5.41, 5.74) is 6.72. The smallest absolute Gasteiger partial charge is 0.227 e. The largest absolute Gasteiger partial charge is 0.436 e. The van der Waals surface area contributed by atoms with Crippen molar-refractivity contribution in [3.63, 3.8) is 0 Å². The number of amides is 1. The van der Waals surface area contributed by atoms with Crippen LogP contribution in [0.15, 0.2) is 34.7 Å². The number of aryl methyl sites for hydroxylation is 3. The van der Waals surface area contributed by atoms with E-state index in [1.54, 1.807) is 0 Å². The number of carbonyl (C=O) groups excluding carboxylic acids is 1. The number of nitrogens with one attached hydrogen (secondary N) is 1. The lowest BCUT2D eigenvalue weighted by atomic mass is 10.1. The SMILES string of the molecule is CCCCC(=O)Nc1cc(-c2nc3cc(C)c(C)cc3o2)ccc1C. The molecule has 25 heavy (non-hydrogen) atoms. The number of rotatable bonds is 5. The first kappa shape index (κ1) is 17.2. The number of oxazole rings is 1. The van der Waals surface area contributed by atoms with Crippen LogP contribution in [-0.2, 0) is 4.79 Å². The molecule has 0 atom stereocenters. The summed E-state index contributed by atoms with van der Waals surface area (Å²) in [6, 6.07) is 9.95. The molecule has 0 bridgehead atoms. The molecule has 4 heteroatoms. The van der Waals surface area contributed by atoms with Crippen molar-refractivity contribution in [2.45, 2.75) is 47.0 Å². The van der Waals surface area contributed by atoms with E-state index in [9.17, 15) is 4.79 Å². The standard InChI is InChI=1S/C21H24N2O2/c1-5-6-7-20(24)22-17-12-16(9-8-13(17)2)21-23-18-10-14(3)15(4)11-19(18)25-21/h8-12H,5-7H2,1-4H3,(H,22,24). The first-order chi connectivity index (χ1) is 12.0. The third-order valence-electron chi connectivity index (χ3n) is 4.52. The van der Waals surface area contributed by atoms with Gasteiger partial charge in [-0.05, 0) is 68.1 Å². The normalized spacial score (nSPS) is 11.0. The third-order valence-corrected chi connectivity index (χ3v) is 4.52. The summed E-state index contributed by atoms with van der Waals surface area (Å²) >= 11 is 0. The van der Waals surface area contributed by atoms with E-state index in [1.165, 1.54) is 11.1 Å². The Hall–Kier alpha value is -2.62. The minimum absolute atomic E-state index is 0.0471. The van der Waals surface area contributed by atoms with Gasteiger partial charge in [0.1, 0.15) is 5.52 Å². The highest BCUT2D eigenvalue weighted by Crippen LogP contribution is 2.29. The van der Waals surface area contributed by atoms with Gasteiger partial charge in [-0.3, -0.25) is 4.79 Å². The number of nitrogens with zero attached hydrogens (tertiary/aromatic N) is 1. The zero-order chi connectivity index (χ0) is 18.0. The number of unbranched alkanes of at least 4 members (excludes halogenated alkanes) is 1. The molecule has 0 spiro atoms. The van der Waals surface area contributed by atoms with Gasteiger partial charge in [-0.2, -0.15) is 0 Å². The highest BCUT2D eigenvalue weighted by Gasteiger charge is 2.12. The van der Waals surface area contributed by atoms with Gasteiger partial charge in [0, 0.05) is 17.7 Å². The predicted molar refractivity (Wildman–Crippen MR) is 102 cm³/mol.